The highest BCUT2D eigenvalue weighted by molar-refractivity contribution is 6.07. The number of aromatic nitrogens is 2. The van der Waals surface area contributed by atoms with Crippen LogP contribution >= 0.6 is 0 Å². The van der Waals surface area contributed by atoms with Crippen molar-refractivity contribution in [3.63, 3.8) is 0 Å². The summed E-state index contributed by atoms with van der Waals surface area (Å²) >= 11 is 0. The van der Waals surface area contributed by atoms with E-state index in [0.29, 0.717) is 28.8 Å². The fraction of sp³-hybridized carbons (Fsp3) is 0.400. The zero-order valence-electron chi connectivity index (χ0n) is 15.6. The second-order valence-corrected chi connectivity index (χ2v) is 6.51. The Morgan fingerprint density at radius 3 is 2.67 bits per heavy atom. The molecule has 1 unspecified atom stereocenters. The van der Waals surface area contributed by atoms with Gasteiger partial charge >= 0.3 is 5.97 Å². The fourth-order valence-electron chi connectivity index (χ4n) is 3.35. The molecule has 1 saturated heterocycles. The summed E-state index contributed by atoms with van der Waals surface area (Å²) in [5.74, 6) is -0.218. The maximum Gasteiger partial charge on any atom is 0.339 e. The van der Waals surface area contributed by atoms with E-state index in [-0.39, 0.29) is 5.91 Å². The molecule has 0 aliphatic carbocycles. The topological polar surface area (TPSA) is 84.4 Å². The van der Waals surface area contributed by atoms with Crippen LogP contribution in [0.3, 0.4) is 0 Å². The lowest BCUT2D eigenvalue weighted by molar-refractivity contribution is 0.0602. The number of piperidine rings is 1. The molecule has 1 aliphatic heterocycles. The van der Waals surface area contributed by atoms with Crippen LogP contribution < -0.4 is 10.2 Å². The largest absolute Gasteiger partial charge is 0.465 e. The number of amides is 1. The Morgan fingerprint density at radius 1 is 1.22 bits per heavy atom. The summed E-state index contributed by atoms with van der Waals surface area (Å²) in [6.07, 6.45) is 7.61. The highest BCUT2D eigenvalue weighted by Crippen LogP contribution is 2.23. The number of anilines is 2. The van der Waals surface area contributed by atoms with Crippen molar-refractivity contribution in [2.75, 3.05) is 23.9 Å². The molecule has 27 heavy (non-hydrogen) atoms. The molecule has 1 aromatic heterocycles. The highest BCUT2D eigenvalue weighted by Gasteiger charge is 2.23. The Hall–Kier alpha value is -2.96. The van der Waals surface area contributed by atoms with Gasteiger partial charge in [0.1, 0.15) is 0 Å². The predicted octanol–water partition coefficient (Wildman–Crippen LogP) is 3.28. The van der Waals surface area contributed by atoms with Crippen molar-refractivity contribution in [2.45, 2.75) is 38.6 Å². The van der Waals surface area contributed by atoms with Gasteiger partial charge in [-0.15, -0.1) is 0 Å². The molecule has 0 bridgehead atoms. The smallest absolute Gasteiger partial charge is 0.339 e. The average molecular weight is 368 g/mol. The van der Waals surface area contributed by atoms with Crippen LogP contribution in [0.4, 0.5) is 11.6 Å². The molecule has 2 aromatic rings. The zero-order chi connectivity index (χ0) is 19.2. The molecule has 0 radical (unpaired) electrons. The molecule has 0 saturated carbocycles. The lowest BCUT2D eigenvalue weighted by Gasteiger charge is -2.35. The van der Waals surface area contributed by atoms with Gasteiger partial charge in [0.2, 0.25) is 5.95 Å². The number of ether oxygens (including phenoxy) is 1. The summed E-state index contributed by atoms with van der Waals surface area (Å²) in [6.45, 7) is 3.11. The Labute approximate surface area is 158 Å². The van der Waals surface area contributed by atoms with Crippen molar-refractivity contribution >= 4 is 23.5 Å². The van der Waals surface area contributed by atoms with Crippen LogP contribution in [0.1, 0.15) is 53.3 Å². The lowest BCUT2D eigenvalue weighted by Crippen LogP contribution is -2.40. The minimum Gasteiger partial charge on any atom is -0.465 e. The van der Waals surface area contributed by atoms with E-state index >= 15 is 0 Å². The van der Waals surface area contributed by atoms with Crippen LogP contribution in [0.15, 0.2) is 36.7 Å². The molecule has 1 aromatic carbocycles. The number of carbonyl (C=O) groups is 2. The molecule has 1 aliphatic rings. The summed E-state index contributed by atoms with van der Waals surface area (Å²) in [5.41, 5.74) is 1.02. The van der Waals surface area contributed by atoms with Gasteiger partial charge in [0.25, 0.3) is 5.91 Å². The summed E-state index contributed by atoms with van der Waals surface area (Å²) in [6, 6.07) is 7.15. The number of esters is 1. The quantitative estimate of drug-likeness (QED) is 0.815. The minimum atomic E-state index is -0.506. The van der Waals surface area contributed by atoms with E-state index in [1.54, 1.807) is 24.3 Å². The molecule has 1 fully saturated rings. The molecule has 2 heterocycles. The number of carbonyl (C=O) groups excluding carboxylic acids is 2. The molecular weight excluding hydrogens is 344 g/mol. The zero-order valence-corrected chi connectivity index (χ0v) is 15.6. The molecular formula is C20H24N4O3. The van der Waals surface area contributed by atoms with Crippen LogP contribution in [-0.2, 0) is 4.74 Å². The van der Waals surface area contributed by atoms with E-state index in [1.165, 1.54) is 25.9 Å². The van der Waals surface area contributed by atoms with Crippen LogP contribution in [0.25, 0.3) is 0 Å². The third-order valence-corrected chi connectivity index (χ3v) is 4.84. The van der Waals surface area contributed by atoms with Crippen LogP contribution in [0.5, 0.6) is 0 Å². The second-order valence-electron chi connectivity index (χ2n) is 6.51. The molecule has 1 amide bonds. The first-order valence-corrected chi connectivity index (χ1v) is 9.21. The number of nitrogens with one attached hydrogen (secondary N) is 1. The van der Waals surface area contributed by atoms with Crippen LogP contribution in [-0.4, -0.2) is 41.5 Å². The highest BCUT2D eigenvalue weighted by atomic mass is 16.5. The SMILES string of the molecule is CCC1CCCCN1c1ncc(C(=O)Nc2ccccc2C(=O)OC)cn1. The van der Waals surface area contributed by atoms with E-state index in [2.05, 4.69) is 27.1 Å². The number of para-hydroxylation sites is 1. The first-order valence-electron chi connectivity index (χ1n) is 9.21. The maximum absolute atomic E-state index is 12.5. The van der Waals surface area contributed by atoms with Crippen molar-refractivity contribution in [3.8, 4) is 0 Å². The molecule has 1 atom stereocenters. The third kappa shape index (κ3) is 4.24. The van der Waals surface area contributed by atoms with E-state index in [0.717, 1.165) is 25.8 Å². The van der Waals surface area contributed by atoms with Gasteiger partial charge in [-0.3, -0.25) is 4.79 Å². The van der Waals surface area contributed by atoms with Gasteiger partial charge in [-0.25, -0.2) is 14.8 Å². The summed E-state index contributed by atoms with van der Waals surface area (Å²) in [5, 5.41) is 2.73. The molecule has 7 nitrogen and oxygen atoms in total. The second kappa shape index (κ2) is 8.62. The normalized spacial score (nSPS) is 16.7. The van der Waals surface area contributed by atoms with E-state index in [1.807, 2.05) is 0 Å². The van der Waals surface area contributed by atoms with Gasteiger partial charge in [0.05, 0.1) is 23.9 Å². The first-order chi connectivity index (χ1) is 13.1. The Bertz CT molecular complexity index is 807. The van der Waals surface area contributed by atoms with Gasteiger partial charge in [0.15, 0.2) is 0 Å². The summed E-state index contributed by atoms with van der Waals surface area (Å²) in [4.78, 5) is 35.4. The number of benzene rings is 1. The van der Waals surface area contributed by atoms with Crippen molar-refractivity contribution in [1.82, 2.24) is 9.97 Å². The lowest BCUT2D eigenvalue weighted by atomic mass is 10.0. The molecule has 7 heteroatoms. The van der Waals surface area contributed by atoms with Gasteiger partial charge in [0, 0.05) is 25.0 Å². The Morgan fingerprint density at radius 2 is 1.96 bits per heavy atom. The van der Waals surface area contributed by atoms with E-state index in [4.69, 9.17) is 4.74 Å². The van der Waals surface area contributed by atoms with Crippen molar-refractivity contribution in [3.05, 3.63) is 47.8 Å². The monoisotopic (exact) mass is 368 g/mol. The predicted molar refractivity (Wildman–Crippen MR) is 103 cm³/mol. The summed E-state index contributed by atoms with van der Waals surface area (Å²) in [7, 11) is 1.30. The van der Waals surface area contributed by atoms with Crippen molar-refractivity contribution in [1.29, 1.82) is 0 Å². The van der Waals surface area contributed by atoms with Crippen molar-refractivity contribution in [2.24, 2.45) is 0 Å². The average Bonchev–Trinajstić information content (AvgIpc) is 2.73. The standard InChI is InChI=1S/C20H24N4O3/c1-3-15-8-6-7-11-24(15)20-21-12-14(13-22-20)18(25)23-17-10-5-4-9-16(17)19(26)27-2/h4-5,9-10,12-13,15H,3,6-8,11H2,1-2H3,(H,23,25). The van der Waals surface area contributed by atoms with Crippen LogP contribution in [0.2, 0.25) is 0 Å². The fourth-order valence-corrected chi connectivity index (χ4v) is 3.35. The molecule has 142 valence electrons. The van der Waals surface area contributed by atoms with Crippen LogP contribution in [0, 0.1) is 0 Å². The van der Waals surface area contributed by atoms with E-state index in [9.17, 15) is 9.59 Å². The molecule has 1 N–H and O–H groups in total. The number of hydrogen-bond donors (Lipinski definition) is 1. The number of hydrogen-bond acceptors (Lipinski definition) is 6. The summed E-state index contributed by atoms with van der Waals surface area (Å²) < 4.78 is 4.75. The van der Waals surface area contributed by atoms with Gasteiger partial charge in [-0.1, -0.05) is 19.1 Å². The molecule has 0 spiro atoms. The van der Waals surface area contributed by atoms with Crippen molar-refractivity contribution < 1.29 is 14.3 Å². The number of nitrogens with zero attached hydrogens (tertiary/aromatic N) is 3. The van der Waals surface area contributed by atoms with Gasteiger partial charge in [-0.05, 0) is 37.8 Å². The minimum absolute atomic E-state index is 0.296. The Balaban J connectivity index is 1.74. The van der Waals surface area contributed by atoms with E-state index < -0.39 is 5.97 Å². The third-order valence-electron chi connectivity index (χ3n) is 4.84. The maximum atomic E-state index is 12.5. The number of rotatable bonds is 5. The molecule has 3 rings (SSSR count). The first kappa shape index (κ1) is 18.8. The van der Waals surface area contributed by atoms with Gasteiger partial charge in [-0.2, -0.15) is 0 Å². The Kier molecular flexibility index (Phi) is 6.01. The van der Waals surface area contributed by atoms with Gasteiger partial charge < -0.3 is 15.0 Å². The number of methoxy groups -OCH3 is 1.